The number of alkyl halides is 6. The van der Waals surface area contributed by atoms with Crippen LogP contribution in [0, 0.1) is 22.7 Å². The summed E-state index contributed by atoms with van der Waals surface area (Å²) in [6, 6.07) is -1.02. The lowest BCUT2D eigenvalue weighted by atomic mass is 9.83. The third-order valence-electron chi connectivity index (χ3n) is 11.7. The number of nitrogens with two attached hydrogens (primary N) is 2. The van der Waals surface area contributed by atoms with E-state index >= 15 is 0 Å². The fourth-order valence-electron chi connectivity index (χ4n) is 8.07. The number of nitrogen functional groups attached to an aromatic ring is 1. The zero-order chi connectivity index (χ0) is 41.6. The Hall–Kier alpha value is -3.94. The maximum Gasteiger partial charge on any atom is 0.396 e. The number of rotatable bonds is 8. The number of likely N-dealkylation sites (tertiary alicyclic amines) is 2. The minimum Gasteiger partial charge on any atom is -0.383 e. The number of fused-ring (bicyclic) bond motifs is 1. The number of pyridine rings is 1. The molecule has 56 heavy (non-hydrogen) atoms. The number of nitrogens with one attached hydrogen (secondary N) is 1. The van der Waals surface area contributed by atoms with Crippen LogP contribution in [0.15, 0.2) is 12.4 Å². The first-order valence-corrected chi connectivity index (χ1v) is 22.7. The summed E-state index contributed by atoms with van der Waals surface area (Å²) in [5.41, 5.74) is 7.80. The molecule has 4 atom stereocenters. The SMILES string of the molecule is C[C@H]1CC[C@H](C2(C(F)(F)F)CC2)N(C(=O)C(=O)Nc2cnc(N)c3cnn(COCC[Si](C)(C)C)c23)C1.C[C@H]1CC[C@H](C2(C(F)(F)F)CC2)N(C(=O)C(N)=O)C1. The quantitative estimate of drug-likeness (QED) is 0.132. The summed E-state index contributed by atoms with van der Waals surface area (Å²) in [5.74, 6) is -3.89. The molecule has 0 unspecified atom stereocenters. The Balaban J connectivity index is 0.000000265. The second kappa shape index (κ2) is 15.8. The zero-order valence-corrected chi connectivity index (χ0v) is 33.4. The molecule has 312 valence electrons. The fourth-order valence-corrected chi connectivity index (χ4v) is 8.83. The summed E-state index contributed by atoms with van der Waals surface area (Å²) >= 11 is 0. The number of primary amides is 1. The fraction of sp³-hybridized carbons (Fsp3) is 0.722. The van der Waals surface area contributed by atoms with Crippen molar-refractivity contribution in [2.24, 2.45) is 28.4 Å². The summed E-state index contributed by atoms with van der Waals surface area (Å²) in [6.07, 6.45) is -4.25. The van der Waals surface area contributed by atoms with Crippen LogP contribution in [-0.4, -0.2) is 100 Å². The Bertz CT molecular complexity index is 1810. The monoisotopic (exact) mass is 818 g/mol. The van der Waals surface area contributed by atoms with Gasteiger partial charge in [0.1, 0.15) is 12.5 Å². The first-order chi connectivity index (χ1) is 25.9. The van der Waals surface area contributed by atoms with Gasteiger partial charge in [0.05, 0.1) is 39.8 Å². The molecule has 2 aliphatic heterocycles. The largest absolute Gasteiger partial charge is 0.396 e. The molecule has 2 aromatic rings. The van der Waals surface area contributed by atoms with E-state index in [9.17, 15) is 45.5 Å². The molecule has 0 radical (unpaired) electrons. The molecule has 2 aromatic heterocycles. The number of amides is 4. The molecule has 4 fully saturated rings. The van der Waals surface area contributed by atoms with Crippen LogP contribution >= 0.6 is 0 Å². The van der Waals surface area contributed by atoms with Gasteiger partial charge in [-0.1, -0.05) is 33.5 Å². The molecule has 0 bridgehead atoms. The molecule has 2 saturated carbocycles. The summed E-state index contributed by atoms with van der Waals surface area (Å²) in [4.78, 5) is 55.3. The lowest BCUT2D eigenvalue weighted by molar-refractivity contribution is -0.211. The molecule has 5 N–H and O–H groups in total. The summed E-state index contributed by atoms with van der Waals surface area (Å²) < 4.78 is 88.5. The number of hydrogen-bond donors (Lipinski definition) is 3. The third-order valence-corrected chi connectivity index (χ3v) is 13.4. The highest BCUT2D eigenvalue weighted by Gasteiger charge is 2.70. The molecule has 0 aromatic carbocycles. The third kappa shape index (κ3) is 8.94. The summed E-state index contributed by atoms with van der Waals surface area (Å²) in [7, 11) is -1.29. The molecular formula is C36H52F6N8O5Si. The van der Waals surface area contributed by atoms with E-state index in [2.05, 4.69) is 35.0 Å². The topological polar surface area (TPSA) is 179 Å². The molecule has 2 aliphatic carbocycles. The molecule has 4 amide bonds. The van der Waals surface area contributed by atoms with Crippen LogP contribution in [-0.2, 0) is 30.6 Å². The van der Waals surface area contributed by atoms with E-state index in [1.807, 2.05) is 13.8 Å². The van der Waals surface area contributed by atoms with Gasteiger partial charge in [-0.2, -0.15) is 31.4 Å². The van der Waals surface area contributed by atoms with Crippen molar-refractivity contribution in [3.8, 4) is 0 Å². The van der Waals surface area contributed by atoms with Crippen molar-refractivity contribution < 1.29 is 50.3 Å². The Labute approximate surface area is 322 Å². The van der Waals surface area contributed by atoms with E-state index in [1.165, 1.54) is 17.1 Å². The maximum atomic E-state index is 13.9. The smallest absolute Gasteiger partial charge is 0.383 e. The number of halogens is 6. The number of hydrogen-bond acceptors (Lipinski definition) is 8. The van der Waals surface area contributed by atoms with E-state index in [4.69, 9.17) is 16.2 Å². The molecule has 4 heterocycles. The van der Waals surface area contributed by atoms with Crippen LogP contribution in [0.3, 0.4) is 0 Å². The Kier molecular flexibility index (Phi) is 12.2. The van der Waals surface area contributed by atoms with Crippen molar-refractivity contribution in [2.45, 2.75) is 122 Å². The molecule has 13 nitrogen and oxygen atoms in total. The van der Waals surface area contributed by atoms with Gasteiger partial charge in [-0.05, 0) is 69.2 Å². The maximum absolute atomic E-state index is 13.9. The lowest BCUT2D eigenvalue weighted by Crippen LogP contribution is -2.56. The van der Waals surface area contributed by atoms with Crippen LogP contribution in [0.5, 0.6) is 0 Å². The van der Waals surface area contributed by atoms with Gasteiger partial charge >= 0.3 is 36.0 Å². The molecule has 2 saturated heterocycles. The first kappa shape index (κ1) is 43.2. The summed E-state index contributed by atoms with van der Waals surface area (Å²) in [5, 5.41) is 7.32. The van der Waals surface area contributed by atoms with E-state index in [1.54, 1.807) is 0 Å². The number of piperidine rings is 2. The predicted molar refractivity (Wildman–Crippen MR) is 197 cm³/mol. The van der Waals surface area contributed by atoms with Crippen molar-refractivity contribution >= 4 is 54.1 Å². The van der Waals surface area contributed by atoms with Crippen LogP contribution < -0.4 is 16.8 Å². The van der Waals surface area contributed by atoms with Gasteiger partial charge in [-0.25, -0.2) is 9.67 Å². The number of carbonyl (C=O) groups is 4. The van der Waals surface area contributed by atoms with Gasteiger partial charge in [-0.15, -0.1) is 0 Å². The van der Waals surface area contributed by atoms with E-state index in [0.717, 1.165) is 15.8 Å². The number of nitrogens with zero attached hydrogens (tertiary/aromatic N) is 5. The second-order valence-electron chi connectivity index (χ2n) is 17.2. The van der Waals surface area contributed by atoms with Crippen molar-refractivity contribution in [1.29, 1.82) is 0 Å². The Morgan fingerprint density at radius 1 is 0.857 bits per heavy atom. The lowest BCUT2D eigenvalue weighted by Gasteiger charge is -2.43. The Morgan fingerprint density at radius 3 is 1.80 bits per heavy atom. The van der Waals surface area contributed by atoms with Crippen molar-refractivity contribution in [2.75, 3.05) is 30.7 Å². The van der Waals surface area contributed by atoms with Crippen molar-refractivity contribution in [1.82, 2.24) is 24.6 Å². The van der Waals surface area contributed by atoms with Gasteiger partial charge < -0.3 is 31.3 Å². The van der Waals surface area contributed by atoms with Crippen molar-refractivity contribution in [3.63, 3.8) is 0 Å². The highest BCUT2D eigenvalue weighted by Crippen LogP contribution is 2.63. The van der Waals surface area contributed by atoms with Crippen LogP contribution in [0.1, 0.15) is 65.2 Å². The molecular weight excluding hydrogens is 767 g/mol. The molecule has 0 spiro atoms. The highest BCUT2D eigenvalue weighted by molar-refractivity contribution is 6.76. The highest BCUT2D eigenvalue weighted by atomic mass is 28.3. The van der Waals surface area contributed by atoms with E-state index < -0.39 is 67.0 Å². The standard InChI is InChI=1S/C24H35F3N6O3Si.C12H17F3N2O2/c1-15-5-6-18(23(7-8-23)24(25,26)27)32(13-15)22(35)21(34)31-17-12-29-20(28)16-11-30-33(19(16)17)14-36-9-10-37(2,3)4;1-7-2-3-8(11(4-5-11)12(13,14)15)17(6-7)10(19)9(16)18/h11-12,15,18H,5-10,13-14H2,1-4H3,(H2,28,29)(H,31,34);7-8H,2-6H2,1H3,(H2,16,18)/t15-,18+;7-,8+/m00/s1. The van der Waals surface area contributed by atoms with Crippen LogP contribution in [0.4, 0.5) is 37.8 Å². The second-order valence-corrected chi connectivity index (χ2v) is 22.9. The number of anilines is 2. The minimum atomic E-state index is -4.43. The van der Waals surface area contributed by atoms with Crippen molar-refractivity contribution in [3.05, 3.63) is 12.4 Å². The van der Waals surface area contributed by atoms with Gasteiger partial charge in [0, 0.05) is 39.9 Å². The van der Waals surface area contributed by atoms with Crippen LogP contribution in [0.2, 0.25) is 25.7 Å². The first-order valence-electron chi connectivity index (χ1n) is 19.0. The van der Waals surface area contributed by atoms with Crippen LogP contribution in [0.25, 0.3) is 10.9 Å². The molecule has 6 rings (SSSR count). The Morgan fingerprint density at radius 2 is 1.36 bits per heavy atom. The minimum absolute atomic E-state index is 0.00308. The number of aromatic nitrogens is 3. The van der Waals surface area contributed by atoms with E-state index in [0.29, 0.717) is 30.4 Å². The molecule has 20 heteroatoms. The van der Waals surface area contributed by atoms with E-state index in [-0.39, 0.29) is 81.7 Å². The summed E-state index contributed by atoms with van der Waals surface area (Å²) in [6.45, 7) is 11.4. The predicted octanol–water partition coefficient (Wildman–Crippen LogP) is 5.68. The van der Waals surface area contributed by atoms with Gasteiger partial charge in [-0.3, -0.25) is 19.2 Å². The van der Waals surface area contributed by atoms with Gasteiger partial charge in [0.2, 0.25) is 0 Å². The normalized spacial score (nSPS) is 24.6. The van der Waals surface area contributed by atoms with Gasteiger partial charge in [0.15, 0.2) is 0 Å². The average molecular weight is 819 g/mol. The molecule has 4 aliphatic rings. The number of ether oxygens (including phenoxy) is 1. The zero-order valence-electron chi connectivity index (χ0n) is 32.4. The van der Waals surface area contributed by atoms with Gasteiger partial charge in [0.25, 0.3) is 0 Å². The number of carbonyl (C=O) groups excluding carboxylic acids is 4. The average Bonchev–Trinajstić information content (AvgIpc) is 4.03.